The molecule has 0 aliphatic rings. The molecule has 4 heteroatoms. The first-order chi connectivity index (χ1) is 7.41. The highest BCUT2D eigenvalue weighted by Crippen LogP contribution is 2.24. The summed E-state index contributed by atoms with van der Waals surface area (Å²) in [7, 11) is 3.45. The van der Waals surface area contributed by atoms with Crippen LogP contribution in [0, 0.1) is 0 Å². The van der Waals surface area contributed by atoms with Gasteiger partial charge in [-0.15, -0.1) is 0 Å². The summed E-state index contributed by atoms with van der Waals surface area (Å²) in [6, 6.07) is 5.43. The van der Waals surface area contributed by atoms with E-state index in [9.17, 15) is 4.79 Å². The van der Waals surface area contributed by atoms with Crippen molar-refractivity contribution >= 4 is 21.8 Å². The largest absolute Gasteiger partial charge is 0.491 e. The molecule has 0 spiro atoms. The van der Waals surface area contributed by atoms with Crippen molar-refractivity contribution in [3.05, 3.63) is 28.2 Å². The summed E-state index contributed by atoms with van der Waals surface area (Å²) in [5.74, 6) is 0.671. The zero-order valence-electron chi connectivity index (χ0n) is 9.95. The van der Waals surface area contributed by atoms with Crippen molar-refractivity contribution in [3.8, 4) is 5.75 Å². The molecule has 0 saturated heterocycles. The molecule has 0 N–H and O–H groups in total. The molecule has 1 aromatic carbocycles. The molecule has 1 rings (SSSR count). The molecule has 0 atom stereocenters. The van der Waals surface area contributed by atoms with Crippen molar-refractivity contribution in [1.82, 2.24) is 4.90 Å². The number of rotatable bonds is 3. The molecule has 3 nitrogen and oxygen atoms in total. The van der Waals surface area contributed by atoms with E-state index >= 15 is 0 Å². The van der Waals surface area contributed by atoms with E-state index in [0.717, 1.165) is 4.47 Å². The molecule has 0 radical (unpaired) electrons. The molecule has 0 saturated carbocycles. The maximum Gasteiger partial charge on any atom is 0.254 e. The van der Waals surface area contributed by atoms with E-state index in [1.54, 1.807) is 25.1 Å². The van der Waals surface area contributed by atoms with Crippen molar-refractivity contribution < 1.29 is 9.53 Å². The van der Waals surface area contributed by atoms with Gasteiger partial charge in [-0.1, -0.05) is 0 Å². The molecule has 0 aromatic heterocycles. The van der Waals surface area contributed by atoms with Crippen molar-refractivity contribution in [2.45, 2.75) is 20.0 Å². The van der Waals surface area contributed by atoms with Gasteiger partial charge in [0.2, 0.25) is 0 Å². The molecule has 1 amide bonds. The number of carbonyl (C=O) groups is 1. The lowest BCUT2D eigenvalue weighted by atomic mass is 10.2. The summed E-state index contributed by atoms with van der Waals surface area (Å²) in [5.41, 5.74) is 0.614. The Morgan fingerprint density at radius 2 is 2.00 bits per heavy atom. The minimum Gasteiger partial charge on any atom is -0.491 e. The number of benzene rings is 1. The summed E-state index contributed by atoms with van der Waals surface area (Å²) in [6.45, 7) is 3.91. The van der Waals surface area contributed by atoms with Crippen LogP contribution in [0.4, 0.5) is 0 Å². The number of halogens is 1. The minimum absolute atomic E-state index is 0.0407. The quantitative estimate of drug-likeness (QED) is 0.855. The molecule has 1 aromatic rings. The standard InChI is InChI=1S/C12H16BrNO2/c1-8(2)16-9-5-6-11(13)10(7-9)12(15)14(3)4/h5-8H,1-4H3. The zero-order valence-corrected chi connectivity index (χ0v) is 11.5. The minimum atomic E-state index is -0.0407. The Hall–Kier alpha value is -1.03. The van der Waals surface area contributed by atoms with Crippen LogP contribution in [0.1, 0.15) is 24.2 Å². The van der Waals surface area contributed by atoms with Gasteiger partial charge in [0.15, 0.2) is 0 Å². The molecule has 88 valence electrons. The SMILES string of the molecule is CC(C)Oc1ccc(Br)c(C(=O)N(C)C)c1. The average Bonchev–Trinajstić information content (AvgIpc) is 2.19. The van der Waals surface area contributed by atoms with Gasteiger partial charge < -0.3 is 9.64 Å². The topological polar surface area (TPSA) is 29.5 Å². The molecular weight excluding hydrogens is 270 g/mol. The third kappa shape index (κ3) is 3.23. The summed E-state index contributed by atoms with van der Waals surface area (Å²) in [4.78, 5) is 13.4. The first-order valence-electron chi connectivity index (χ1n) is 5.09. The van der Waals surface area contributed by atoms with E-state index in [4.69, 9.17) is 4.74 Å². The van der Waals surface area contributed by atoms with E-state index in [1.165, 1.54) is 0 Å². The number of nitrogens with zero attached hydrogens (tertiary/aromatic N) is 1. The highest BCUT2D eigenvalue weighted by Gasteiger charge is 2.13. The second kappa shape index (κ2) is 5.34. The van der Waals surface area contributed by atoms with E-state index in [0.29, 0.717) is 11.3 Å². The van der Waals surface area contributed by atoms with Gasteiger partial charge in [-0.25, -0.2) is 0 Å². The van der Waals surface area contributed by atoms with Gasteiger partial charge in [0.25, 0.3) is 5.91 Å². The van der Waals surface area contributed by atoms with Gasteiger partial charge in [-0.3, -0.25) is 4.79 Å². The molecule has 0 bridgehead atoms. The Kier molecular flexibility index (Phi) is 4.35. The lowest BCUT2D eigenvalue weighted by molar-refractivity contribution is 0.0826. The van der Waals surface area contributed by atoms with E-state index in [-0.39, 0.29) is 12.0 Å². The third-order valence-electron chi connectivity index (χ3n) is 1.95. The Morgan fingerprint density at radius 3 is 2.50 bits per heavy atom. The van der Waals surface area contributed by atoms with Crippen molar-refractivity contribution in [1.29, 1.82) is 0 Å². The fourth-order valence-electron chi connectivity index (χ4n) is 1.25. The first kappa shape index (κ1) is 13.0. The Bertz CT molecular complexity index is 389. The van der Waals surface area contributed by atoms with Crippen LogP contribution in [-0.4, -0.2) is 31.0 Å². The Balaban J connectivity index is 3.04. The Morgan fingerprint density at radius 1 is 1.38 bits per heavy atom. The summed E-state index contributed by atoms with van der Waals surface area (Å²) in [6.07, 6.45) is 0.100. The van der Waals surface area contributed by atoms with Crippen LogP contribution in [-0.2, 0) is 0 Å². The third-order valence-corrected chi connectivity index (χ3v) is 2.64. The fourth-order valence-corrected chi connectivity index (χ4v) is 1.67. The number of hydrogen-bond donors (Lipinski definition) is 0. The lowest BCUT2D eigenvalue weighted by Gasteiger charge is -2.14. The molecule has 0 aliphatic carbocycles. The van der Waals surface area contributed by atoms with Gasteiger partial charge in [0.05, 0.1) is 11.7 Å². The smallest absolute Gasteiger partial charge is 0.254 e. The molecule has 0 aliphatic heterocycles. The maximum atomic E-state index is 11.8. The van der Waals surface area contributed by atoms with Crippen LogP contribution < -0.4 is 4.74 Å². The van der Waals surface area contributed by atoms with Gasteiger partial charge in [-0.2, -0.15) is 0 Å². The second-order valence-electron chi connectivity index (χ2n) is 4.01. The van der Waals surface area contributed by atoms with Crippen LogP contribution in [0.25, 0.3) is 0 Å². The summed E-state index contributed by atoms with van der Waals surface area (Å²) in [5, 5.41) is 0. The van der Waals surface area contributed by atoms with Crippen LogP contribution in [0.3, 0.4) is 0 Å². The summed E-state index contributed by atoms with van der Waals surface area (Å²) >= 11 is 3.36. The predicted molar refractivity (Wildman–Crippen MR) is 67.9 cm³/mol. The fraction of sp³-hybridized carbons (Fsp3) is 0.417. The number of ether oxygens (including phenoxy) is 1. The van der Waals surface area contributed by atoms with Crippen LogP contribution in [0.2, 0.25) is 0 Å². The highest BCUT2D eigenvalue weighted by molar-refractivity contribution is 9.10. The van der Waals surface area contributed by atoms with Crippen LogP contribution >= 0.6 is 15.9 Å². The van der Waals surface area contributed by atoms with Gasteiger partial charge >= 0.3 is 0 Å². The second-order valence-corrected chi connectivity index (χ2v) is 4.86. The van der Waals surface area contributed by atoms with Gasteiger partial charge in [-0.05, 0) is 48.0 Å². The number of carbonyl (C=O) groups excluding carboxylic acids is 1. The van der Waals surface area contributed by atoms with Gasteiger partial charge in [0.1, 0.15) is 5.75 Å². The van der Waals surface area contributed by atoms with Crippen molar-refractivity contribution in [3.63, 3.8) is 0 Å². The van der Waals surface area contributed by atoms with E-state index in [2.05, 4.69) is 15.9 Å². The van der Waals surface area contributed by atoms with E-state index < -0.39 is 0 Å². The first-order valence-corrected chi connectivity index (χ1v) is 5.89. The van der Waals surface area contributed by atoms with Gasteiger partial charge in [0, 0.05) is 18.6 Å². The Labute approximate surface area is 105 Å². The van der Waals surface area contributed by atoms with E-state index in [1.807, 2.05) is 26.0 Å². The maximum absolute atomic E-state index is 11.8. The molecule has 0 heterocycles. The molecule has 0 fully saturated rings. The van der Waals surface area contributed by atoms with Crippen LogP contribution in [0.15, 0.2) is 22.7 Å². The monoisotopic (exact) mass is 285 g/mol. The molecule has 0 unspecified atom stereocenters. The highest BCUT2D eigenvalue weighted by atomic mass is 79.9. The van der Waals surface area contributed by atoms with Crippen molar-refractivity contribution in [2.75, 3.05) is 14.1 Å². The lowest BCUT2D eigenvalue weighted by Crippen LogP contribution is -2.22. The predicted octanol–water partition coefficient (Wildman–Crippen LogP) is 2.94. The normalized spacial score (nSPS) is 10.4. The number of amides is 1. The summed E-state index contributed by atoms with van der Waals surface area (Å²) < 4.78 is 6.33. The molecule has 16 heavy (non-hydrogen) atoms. The number of hydrogen-bond acceptors (Lipinski definition) is 2. The van der Waals surface area contributed by atoms with Crippen LogP contribution in [0.5, 0.6) is 5.75 Å². The average molecular weight is 286 g/mol. The zero-order chi connectivity index (χ0) is 12.3. The molecular formula is C12H16BrNO2. The van der Waals surface area contributed by atoms with Crippen molar-refractivity contribution in [2.24, 2.45) is 0 Å².